The van der Waals surface area contributed by atoms with Gasteiger partial charge in [0.05, 0.1) is 6.04 Å². The highest BCUT2D eigenvalue weighted by molar-refractivity contribution is 5.85. The molecule has 0 bridgehead atoms. The summed E-state index contributed by atoms with van der Waals surface area (Å²) in [5.41, 5.74) is 11.9. The molecule has 0 spiro atoms. The first-order valence-electron chi connectivity index (χ1n) is 7.52. The minimum Gasteiger partial charge on any atom is -0.327 e. The fourth-order valence-corrected chi connectivity index (χ4v) is 3.80. The van der Waals surface area contributed by atoms with Gasteiger partial charge in [-0.05, 0) is 41.6 Å². The number of hydrogen-bond donors (Lipinski definition) is 1. The third-order valence-electron chi connectivity index (χ3n) is 4.66. The molecule has 1 aliphatic carbocycles. The first-order valence-corrected chi connectivity index (χ1v) is 7.52. The van der Waals surface area contributed by atoms with Crippen molar-refractivity contribution in [1.29, 1.82) is 0 Å². The number of halogens is 1. The van der Waals surface area contributed by atoms with Gasteiger partial charge in [-0.25, -0.2) is 0 Å². The zero-order chi connectivity index (χ0) is 13.5. The van der Waals surface area contributed by atoms with E-state index in [-0.39, 0.29) is 12.4 Å². The summed E-state index contributed by atoms with van der Waals surface area (Å²) in [4.78, 5) is 2.57. The number of piperidine rings is 1. The molecule has 0 radical (unpaired) electrons. The van der Waals surface area contributed by atoms with Crippen LogP contribution in [0, 0.1) is 0 Å². The van der Waals surface area contributed by atoms with E-state index in [9.17, 15) is 0 Å². The molecule has 2 aromatic carbocycles. The number of nitrogens with zero attached hydrogens (tertiary/aromatic N) is 1. The molecule has 1 atom stereocenters. The van der Waals surface area contributed by atoms with Crippen LogP contribution in [0.15, 0.2) is 48.5 Å². The Kier molecular flexibility index (Phi) is 4.03. The van der Waals surface area contributed by atoms with Crippen LogP contribution < -0.4 is 5.73 Å². The predicted molar refractivity (Wildman–Crippen MR) is 89.8 cm³/mol. The summed E-state index contributed by atoms with van der Waals surface area (Å²) in [6, 6.07) is 18.4. The molecule has 2 N–H and O–H groups in total. The van der Waals surface area contributed by atoms with E-state index in [0.29, 0.717) is 12.1 Å². The van der Waals surface area contributed by atoms with Crippen LogP contribution in [0.3, 0.4) is 0 Å². The summed E-state index contributed by atoms with van der Waals surface area (Å²) in [6.07, 6.45) is 2.37. The lowest BCUT2D eigenvalue weighted by Gasteiger charge is -2.36. The first kappa shape index (κ1) is 14.6. The molecule has 2 aromatic rings. The van der Waals surface area contributed by atoms with Crippen LogP contribution >= 0.6 is 12.4 Å². The topological polar surface area (TPSA) is 29.3 Å². The van der Waals surface area contributed by atoms with Crippen molar-refractivity contribution in [2.24, 2.45) is 5.73 Å². The Hall–Kier alpha value is -1.35. The summed E-state index contributed by atoms with van der Waals surface area (Å²) in [5.74, 6) is 0. The zero-order valence-electron chi connectivity index (χ0n) is 12.0. The van der Waals surface area contributed by atoms with E-state index in [1.54, 1.807) is 0 Å². The predicted octanol–water partition coefficient (Wildman–Crippen LogP) is 3.60. The minimum atomic E-state index is 0. The van der Waals surface area contributed by atoms with Crippen molar-refractivity contribution in [3.8, 4) is 11.1 Å². The highest BCUT2D eigenvalue weighted by Crippen LogP contribution is 2.46. The van der Waals surface area contributed by atoms with Gasteiger partial charge in [-0.2, -0.15) is 0 Å². The van der Waals surface area contributed by atoms with Crippen LogP contribution in [0.5, 0.6) is 0 Å². The van der Waals surface area contributed by atoms with Gasteiger partial charge in [0, 0.05) is 12.6 Å². The summed E-state index contributed by atoms with van der Waals surface area (Å²) in [5, 5.41) is 0. The number of benzene rings is 2. The quantitative estimate of drug-likeness (QED) is 0.872. The number of rotatable bonds is 1. The highest BCUT2D eigenvalue weighted by Gasteiger charge is 2.34. The highest BCUT2D eigenvalue weighted by atomic mass is 35.5. The average molecular weight is 301 g/mol. The number of hydrogen-bond acceptors (Lipinski definition) is 2. The maximum absolute atomic E-state index is 6.19. The van der Waals surface area contributed by atoms with Crippen LogP contribution in [0.4, 0.5) is 0 Å². The number of likely N-dealkylation sites (tertiary alicyclic amines) is 1. The van der Waals surface area contributed by atoms with Crippen molar-refractivity contribution in [2.75, 3.05) is 13.1 Å². The molecule has 0 amide bonds. The Morgan fingerprint density at radius 1 is 0.905 bits per heavy atom. The Morgan fingerprint density at radius 2 is 1.48 bits per heavy atom. The van der Waals surface area contributed by atoms with Gasteiger partial charge in [0.25, 0.3) is 0 Å². The van der Waals surface area contributed by atoms with Gasteiger partial charge in [-0.1, -0.05) is 48.5 Å². The summed E-state index contributed by atoms with van der Waals surface area (Å²) >= 11 is 0. The van der Waals surface area contributed by atoms with Crippen LogP contribution in [0.25, 0.3) is 11.1 Å². The molecule has 110 valence electrons. The molecule has 21 heavy (non-hydrogen) atoms. The van der Waals surface area contributed by atoms with E-state index in [4.69, 9.17) is 5.73 Å². The third-order valence-corrected chi connectivity index (χ3v) is 4.66. The smallest absolute Gasteiger partial charge is 0.0614 e. The Labute approximate surface area is 132 Å². The minimum absolute atomic E-state index is 0. The van der Waals surface area contributed by atoms with Gasteiger partial charge in [0.2, 0.25) is 0 Å². The molecule has 3 heteroatoms. The van der Waals surface area contributed by atoms with Crippen molar-refractivity contribution in [2.45, 2.75) is 24.9 Å². The molecule has 2 aliphatic rings. The number of nitrogens with two attached hydrogens (primary N) is 1. The van der Waals surface area contributed by atoms with E-state index in [2.05, 4.69) is 53.4 Å². The fraction of sp³-hybridized carbons (Fsp3) is 0.333. The maximum Gasteiger partial charge on any atom is 0.0614 e. The van der Waals surface area contributed by atoms with Crippen LogP contribution in [-0.4, -0.2) is 24.0 Å². The van der Waals surface area contributed by atoms with Crippen molar-refractivity contribution < 1.29 is 0 Å². The van der Waals surface area contributed by atoms with Crippen molar-refractivity contribution in [3.05, 3.63) is 59.7 Å². The Balaban J connectivity index is 0.00000132. The van der Waals surface area contributed by atoms with Crippen LogP contribution in [-0.2, 0) is 0 Å². The average Bonchev–Trinajstić information content (AvgIpc) is 2.82. The van der Waals surface area contributed by atoms with E-state index >= 15 is 0 Å². The summed E-state index contributed by atoms with van der Waals surface area (Å²) < 4.78 is 0. The second kappa shape index (κ2) is 5.80. The molecule has 1 saturated heterocycles. The lowest BCUT2D eigenvalue weighted by atomic mass is 9.98. The molecule has 1 heterocycles. The number of fused-ring (bicyclic) bond motifs is 3. The van der Waals surface area contributed by atoms with Gasteiger partial charge < -0.3 is 5.73 Å². The van der Waals surface area contributed by atoms with E-state index < -0.39 is 0 Å². The summed E-state index contributed by atoms with van der Waals surface area (Å²) in [7, 11) is 0. The molecule has 0 saturated carbocycles. The van der Waals surface area contributed by atoms with Gasteiger partial charge >= 0.3 is 0 Å². The lowest BCUT2D eigenvalue weighted by molar-refractivity contribution is 0.173. The van der Waals surface area contributed by atoms with Crippen molar-refractivity contribution >= 4 is 12.4 Å². The monoisotopic (exact) mass is 300 g/mol. The van der Waals surface area contributed by atoms with Gasteiger partial charge in [-0.3, -0.25) is 4.90 Å². The van der Waals surface area contributed by atoms with E-state index in [0.717, 1.165) is 19.5 Å². The standard InChI is InChI=1S/C18H20N2.ClH/c19-13-6-5-11-20(12-13)18-16-9-3-1-7-14(16)15-8-2-4-10-17(15)18;/h1-4,7-10,13,18H,5-6,11-12,19H2;1H/t13-;/m1./s1. The molecular weight excluding hydrogens is 280 g/mol. The van der Waals surface area contributed by atoms with E-state index in [1.807, 2.05) is 0 Å². The van der Waals surface area contributed by atoms with Crippen molar-refractivity contribution in [1.82, 2.24) is 4.90 Å². The van der Waals surface area contributed by atoms with Crippen LogP contribution in [0.1, 0.15) is 30.0 Å². The van der Waals surface area contributed by atoms with E-state index in [1.165, 1.54) is 28.7 Å². The van der Waals surface area contributed by atoms with Crippen LogP contribution in [0.2, 0.25) is 0 Å². The van der Waals surface area contributed by atoms with Gasteiger partial charge in [-0.15, -0.1) is 12.4 Å². The molecule has 0 aromatic heterocycles. The SMILES string of the molecule is Cl.N[C@@H]1CCCN(C2c3ccccc3-c3ccccc32)C1. The Morgan fingerprint density at radius 3 is 2.05 bits per heavy atom. The molecule has 0 unspecified atom stereocenters. The molecular formula is C18H21ClN2. The molecule has 1 fully saturated rings. The summed E-state index contributed by atoms with van der Waals surface area (Å²) in [6.45, 7) is 2.16. The van der Waals surface area contributed by atoms with Crippen molar-refractivity contribution in [3.63, 3.8) is 0 Å². The second-order valence-electron chi connectivity index (χ2n) is 5.97. The normalized spacial score (nSPS) is 21.5. The zero-order valence-corrected chi connectivity index (χ0v) is 12.9. The first-order chi connectivity index (χ1) is 9.84. The molecule has 4 rings (SSSR count). The third kappa shape index (κ3) is 2.38. The van der Waals surface area contributed by atoms with Gasteiger partial charge in [0.1, 0.15) is 0 Å². The largest absolute Gasteiger partial charge is 0.327 e. The Bertz CT molecular complexity index is 595. The molecule has 1 aliphatic heterocycles. The fourth-order valence-electron chi connectivity index (χ4n) is 3.80. The van der Waals surface area contributed by atoms with Gasteiger partial charge in [0.15, 0.2) is 0 Å². The second-order valence-corrected chi connectivity index (χ2v) is 5.97. The molecule has 2 nitrogen and oxygen atoms in total. The lowest BCUT2D eigenvalue weighted by Crippen LogP contribution is -2.44. The maximum atomic E-state index is 6.19.